The van der Waals surface area contributed by atoms with Crippen molar-refractivity contribution in [2.75, 3.05) is 7.11 Å². The van der Waals surface area contributed by atoms with Crippen molar-refractivity contribution in [3.8, 4) is 17.1 Å². The van der Waals surface area contributed by atoms with E-state index in [-0.39, 0.29) is 12.5 Å². The van der Waals surface area contributed by atoms with Crippen molar-refractivity contribution in [3.63, 3.8) is 0 Å². The van der Waals surface area contributed by atoms with E-state index in [1.807, 2.05) is 13.8 Å². The topological polar surface area (TPSA) is 39.9 Å². The lowest BCUT2D eigenvalue weighted by Gasteiger charge is -2.09. The van der Waals surface area contributed by atoms with Gasteiger partial charge in [-0.1, -0.05) is 25.4 Å². The average Bonchev–Trinajstić information content (AvgIpc) is 2.86. The minimum atomic E-state index is -4.23. The quantitative estimate of drug-likeness (QED) is 0.744. The highest BCUT2D eigenvalue weighted by Crippen LogP contribution is 2.29. The molecule has 0 bridgehead atoms. The van der Waals surface area contributed by atoms with Gasteiger partial charge in [-0.3, -0.25) is 0 Å². The minimum absolute atomic E-state index is 0.248. The van der Waals surface area contributed by atoms with Crippen LogP contribution >= 0.6 is 11.6 Å². The number of benzene rings is 1. The van der Waals surface area contributed by atoms with Crippen LogP contribution in [-0.2, 0) is 13.0 Å². The second kappa shape index (κ2) is 7.42. The summed E-state index contributed by atoms with van der Waals surface area (Å²) in [4.78, 5) is 4.40. The minimum Gasteiger partial charge on any atom is -0.495 e. The molecule has 132 valence electrons. The van der Waals surface area contributed by atoms with Crippen molar-refractivity contribution in [3.05, 3.63) is 29.0 Å². The lowest BCUT2D eigenvalue weighted by molar-refractivity contribution is -0.137. The van der Waals surface area contributed by atoms with Crippen LogP contribution in [0.3, 0.4) is 0 Å². The molecule has 0 unspecified atom stereocenters. The zero-order chi connectivity index (χ0) is 17.9. The van der Waals surface area contributed by atoms with E-state index in [0.29, 0.717) is 34.4 Å². The van der Waals surface area contributed by atoms with Gasteiger partial charge in [-0.05, 0) is 24.1 Å². The maximum Gasteiger partial charge on any atom is 0.390 e. The van der Waals surface area contributed by atoms with Crippen LogP contribution in [0.1, 0.15) is 26.1 Å². The number of nitrogens with zero attached hydrogens (tertiary/aromatic N) is 3. The van der Waals surface area contributed by atoms with E-state index in [0.717, 1.165) is 0 Å². The highest BCUT2D eigenvalue weighted by molar-refractivity contribution is 6.32. The van der Waals surface area contributed by atoms with Crippen molar-refractivity contribution in [2.24, 2.45) is 5.92 Å². The Morgan fingerprint density at radius 3 is 2.54 bits per heavy atom. The zero-order valence-corrected chi connectivity index (χ0v) is 14.4. The Morgan fingerprint density at radius 2 is 2.00 bits per heavy atom. The number of rotatable bonds is 6. The zero-order valence-electron chi connectivity index (χ0n) is 13.7. The Labute approximate surface area is 143 Å². The molecule has 0 saturated heterocycles. The van der Waals surface area contributed by atoms with Crippen molar-refractivity contribution in [1.82, 2.24) is 14.8 Å². The molecule has 1 heterocycles. The summed E-state index contributed by atoms with van der Waals surface area (Å²) in [6.45, 7) is 3.71. The third kappa shape index (κ3) is 4.87. The van der Waals surface area contributed by atoms with Crippen LogP contribution in [0, 0.1) is 5.92 Å². The van der Waals surface area contributed by atoms with E-state index < -0.39 is 12.6 Å². The monoisotopic (exact) mass is 361 g/mol. The highest BCUT2D eigenvalue weighted by atomic mass is 35.5. The molecule has 0 aliphatic carbocycles. The Balaban J connectivity index is 2.33. The predicted molar refractivity (Wildman–Crippen MR) is 86.2 cm³/mol. The first-order valence-electron chi connectivity index (χ1n) is 7.54. The molecule has 0 atom stereocenters. The maximum absolute atomic E-state index is 12.5. The number of aromatic nitrogens is 3. The van der Waals surface area contributed by atoms with Crippen molar-refractivity contribution >= 4 is 11.6 Å². The number of hydrogen-bond donors (Lipinski definition) is 0. The third-order valence-electron chi connectivity index (χ3n) is 3.36. The van der Waals surface area contributed by atoms with Crippen LogP contribution in [0.15, 0.2) is 18.2 Å². The van der Waals surface area contributed by atoms with Crippen LogP contribution in [-0.4, -0.2) is 28.1 Å². The number of alkyl halides is 3. The van der Waals surface area contributed by atoms with E-state index in [4.69, 9.17) is 16.3 Å². The first-order chi connectivity index (χ1) is 11.2. The number of hydrogen-bond acceptors (Lipinski definition) is 3. The van der Waals surface area contributed by atoms with E-state index in [9.17, 15) is 13.2 Å². The molecule has 8 heteroatoms. The van der Waals surface area contributed by atoms with E-state index in [1.54, 1.807) is 18.2 Å². The molecule has 1 aromatic carbocycles. The van der Waals surface area contributed by atoms with Gasteiger partial charge in [0.2, 0.25) is 0 Å². The molecule has 0 fully saturated rings. The molecule has 0 aliphatic rings. The number of aryl methyl sites for hydroxylation is 1. The lowest BCUT2D eigenvalue weighted by atomic mass is 10.1. The summed E-state index contributed by atoms with van der Waals surface area (Å²) < 4.78 is 44.0. The van der Waals surface area contributed by atoms with Gasteiger partial charge in [0.15, 0.2) is 5.82 Å². The van der Waals surface area contributed by atoms with Gasteiger partial charge in [0.1, 0.15) is 11.6 Å². The molecule has 0 amide bonds. The van der Waals surface area contributed by atoms with Gasteiger partial charge >= 0.3 is 6.18 Å². The Bertz CT molecular complexity index is 698. The first-order valence-corrected chi connectivity index (χ1v) is 7.92. The van der Waals surface area contributed by atoms with Gasteiger partial charge in [-0.15, -0.1) is 0 Å². The van der Waals surface area contributed by atoms with E-state index >= 15 is 0 Å². The molecule has 0 radical (unpaired) electrons. The maximum atomic E-state index is 12.5. The van der Waals surface area contributed by atoms with Crippen LogP contribution < -0.4 is 4.74 Å². The molecule has 2 rings (SSSR count). The van der Waals surface area contributed by atoms with Crippen molar-refractivity contribution in [2.45, 2.75) is 39.4 Å². The molecule has 0 spiro atoms. The van der Waals surface area contributed by atoms with Gasteiger partial charge in [0, 0.05) is 12.0 Å². The van der Waals surface area contributed by atoms with Gasteiger partial charge in [-0.2, -0.15) is 18.3 Å². The van der Waals surface area contributed by atoms with Gasteiger partial charge in [0.05, 0.1) is 25.1 Å². The normalized spacial score (nSPS) is 12.0. The SMILES string of the molecule is COc1ccc(-c2nc(CC(C)C)n(CCC(F)(F)F)n2)cc1Cl. The van der Waals surface area contributed by atoms with Crippen molar-refractivity contribution < 1.29 is 17.9 Å². The number of halogens is 4. The second-order valence-electron chi connectivity index (χ2n) is 5.89. The smallest absolute Gasteiger partial charge is 0.390 e. The largest absolute Gasteiger partial charge is 0.495 e. The summed E-state index contributed by atoms with van der Waals surface area (Å²) in [5, 5.41) is 4.63. The van der Waals surface area contributed by atoms with Gasteiger partial charge in [0.25, 0.3) is 0 Å². The molecule has 24 heavy (non-hydrogen) atoms. The van der Waals surface area contributed by atoms with Gasteiger partial charge in [-0.25, -0.2) is 9.67 Å². The average molecular weight is 362 g/mol. The van der Waals surface area contributed by atoms with Crippen LogP contribution in [0.2, 0.25) is 5.02 Å². The fourth-order valence-corrected chi connectivity index (χ4v) is 2.49. The molecule has 0 saturated carbocycles. The Morgan fingerprint density at radius 1 is 1.29 bits per heavy atom. The summed E-state index contributed by atoms with van der Waals surface area (Å²) in [6, 6.07) is 5.05. The fourth-order valence-electron chi connectivity index (χ4n) is 2.23. The first kappa shape index (κ1) is 18.6. The van der Waals surface area contributed by atoms with Crippen LogP contribution in [0.25, 0.3) is 11.4 Å². The molecule has 2 aromatic rings. The highest BCUT2D eigenvalue weighted by Gasteiger charge is 2.27. The molecule has 0 aliphatic heterocycles. The van der Waals surface area contributed by atoms with Crippen LogP contribution in [0.5, 0.6) is 5.75 Å². The second-order valence-corrected chi connectivity index (χ2v) is 6.29. The fraction of sp³-hybridized carbons (Fsp3) is 0.500. The summed E-state index contributed by atoms with van der Waals surface area (Å²) in [7, 11) is 1.51. The van der Waals surface area contributed by atoms with E-state index in [2.05, 4.69) is 10.1 Å². The summed E-state index contributed by atoms with van der Waals surface area (Å²) in [5.74, 6) is 1.67. The van der Waals surface area contributed by atoms with E-state index in [1.165, 1.54) is 11.8 Å². The molecular weight excluding hydrogens is 343 g/mol. The van der Waals surface area contributed by atoms with Gasteiger partial charge < -0.3 is 4.74 Å². The Kier molecular flexibility index (Phi) is 5.74. The molecule has 1 aromatic heterocycles. The summed E-state index contributed by atoms with van der Waals surface area (Å²) in [6.07, 6.45) is -4.62. The van der Waals surface area contributed by atoms with Crippen LogP contribution in [0.4, 0.5) is 13.2 Å². The summed E-state index contributed by atoms with van der Waals surface area (Å²) >= 11 is 6.10. The molecule has 4 nitrogen and oxygen atoms in total. The number of ether oxygens (including phenoxy) is 1. The third-order valence-corrected chi connectivity index (χ3v) is 3.65. The van der Waals surface area contributed by atoms with Crippen molar-refractivity contribution in [1.29, 1.82) is 0 Å². The lowest BCUT2D eigenvalue weighted by Crippen LogP contribution is -2.15. The molecular formula is C16H19ClF3N3O. The number of methoxy groups -OCH3 is 1. The molecule has 0 N–H and O–H groups in total. The standard InChI is InChI=1S/C16H19ClF3N3O/c1-10(2)8-14-21-15(22-23(14)7-6-16(18,19)20)11-4-5-13(24-3)12(17)9-11/h4-5,9-10H,6-8H2,1-3H3. The summed E-state index contributed by atoms with van der Waals surface area (Å²) in [5.41, 5.74) is 0.636. The Hall–Kier alpha value is -1.76. The predicted octanol–water partition coefficient (Wildman–Crippen LogP) is 4.76.